The first-order valence-corrected chi connectivity index (χ1v) is 4.18. The van der Waals surface area contributed by atoms with E-state index in [4.69, 9.17) is 12.8 Å². The Bertz CT molecular complexity index is 177. The molecule has 1 aliphatic rings. The molecule has 0 aromatic carbocycles. The molecule has 0 bridgehead atoms. The quantitative estimate of drug-likeness (QED) is 0.522. The molecule has 1 heterocycles. The van der Waals surface area contributed by atoms with E-state index in [1.54, 1.807) is 0 Å². The SMILES string of the molecule is C#CCN1CCN(CC#C)CC1. The largest absolute Gasteiger partial charge is 0.290 e. The second kappa shape index (κ2) is 4.83. The molecule has 0 aromatic heterocycles. The van der Waals surface area contributed by atoms with Crippen LogP contribution in [0.15, 0.2) is 0 Å². The number of hydrogen-bond donors (Lipinski definition) is 0. The molecule has 0 atom stereocenters. The van der Waals surface area contributed by atoms with Crippen molar-refractivity contribution in [1.82, 2.24) is 9.80 Å². The molecule has 64 valence electrons. The fourth-order valence-electron chi connectivity index (χ4n) is 1.36. The van der Waals surface area contributed by atoms with Gasteiger partial charge in [-0.25, -0.2) is 0 Å². The van der Waals surface area contributed by atoms with Gasteiger partial charge in [-0.3, -0.25) is 9.80 Å². The molecule has 0 radical (unpaired) electrons. The summed E-state index contributed by atoms with van der Waals surface area (Å²) >= 11 is 0. The Balaban J connectivity index is 2.22. The summed E-state index contributed by atoms with van der Waals surface area (Å²) in [6, 6.07) is 0. The van der Waals surface area contributed by atoms with E-state index in [-0.39, 0.29) is 0 Å². The number of nitrogens with zero attached hydrogens (tertiary/aromatic N) is 2. The molecule has 0 N–H and O–H groups in total. The molecule has 0 spiro atoms. The molecule has 1 aliphatic heterocycles. The van der Waals surface area contributed by atoms with E-state index in [9.17, 15) is 0 Å². The average Bonchev–Trinajstić information content (AvgIpc) is 2.09. The van der Waals surface area contributed by atoms with Gasteiger partial charge in [-0.05, 0) is 0 Å². The van der Waals surface area contributed by atoms with Crippen LogP contribution in [0.1, 0.15) is 0 Å². The van der Waals surface area contributed by atoms with Crippen molar-refractivity contribution in [3.63, 3.8) is 0 Å². The smallest absolute Gasteiger partial charge is 0.0599 e. The Morgan fingerprint density at radius 2 is 1.17 bits per heavy atom. The number of hydrogen-bond acceptors (Lipinski definition) is 2. The van der Waals surface area contributed by atoms with E-state index in [1.165, 1.54) is 0 Å². The second-order valence-corrected chi connectivity index (χ2v) is 2.96. The van der Waals surface area contributed by atoms with Crippen LogP contribution in [0.3, 0.4) is 0 Å². The first-order valence-electron chi connectivity index (χ1n) is 4.18. The van der Waals surface area contributed by atoms with Gasteiger partial charge in [-0.15, -0.1) is 12.8 Å². The summed E-state index contributed by atoms with van der Waals surface area (Å²) < 4.78 is 0. The Kier molecular flexibility index (Phi) is 3.67. The predicted octanol–water partition coefficient (Wildman–Crippen LogP) is -0.130. The maximum absolute atomic E-state index is 5.22. The minimum Gasteiger partial charge on any atom is -0.290 e. The molecule has 0 saturated carbocycles. The fourth-order valence-corrected chi connectivity index (χ4v) is 1.36. The molecule has 0 aliphatic carbocycles. The summed E-state index contributed by atoms with van der Waals surface area (Å²) in [4.78, 5) is 4.54. The topological polar surface area (TPSA) is 6.48 Å². The normalized spacial score (nSPS) is 19.8. The van der Waals surface area contributed by atoms with E-state index in [1.807, 2.05) is 0 Å². The van der Waals surface area contributed by atoms with E-state index in [2.05, 4.69) is 21.6 Å². The lowest BCUT2D eigenvalue weighted by Crippen LogP contribution is -2.46. The number of piperazine rings is 1. The first kappa shape index (κ1) is 9.13. The lowest BCUT2D eigenvalue weighted by molar-refractivity contribution is 0.157. The zero-order valence-electron chi connectivity index (χ0n) is 7.29. The van der Waals surface area contributed by atoms with E-state index < -0.39 is 0 Å². The third kappa shape index (κ3) is 2.58. The van der Waals surface area contributed by atoms with Gasteiger partial charge in [-0.2, -0.15) is 0 Å². The third-order valence-electron chi connectivity index (χ3n) is 2.09. The van der Waals surface area contributed by atoms with Crippen LogP contribution >= 0.6 is 0 Å². The Hall–Kier alpha value is -0.960. The molecule has 2 nitrogen and oxygen atoms in total. The van der Waals surface area contributed by atoms with Crippen molar-refractivity contribution in [3.05, 3.63) is 0 Å². The summed E-state index contributed by atoms with van der Waals surface area (Å²) in [5, 5.41) is 0. The van der Waals surface area contributed by atoms with Crippen LogP contribution in [0.2, 0.25) is 0 Å². The van der Waals surface area contributed by atoms with Crippen molar-refractivity contribution in [2.75, 3.05) is 39.3 Å². The van der Waals surface area contributed by atoms with Crippen molar-refractivity contribution < 1.29 is 0 Å². The Morgan fingerprint density at radius 3 is 1.42 bits per heavy atom. The zero-order valence-corrected chi connectivity index (χ0v) is 7.29. The maximum atomic E-state index is 5.22. The Labute approximate surface area is 74.5 Å². The van der Waals surface area contributed by atoms with Crippen molar-refractivity contribution in [3.8, 4) is 24.7 Å². The van der Waals surface area contributed by atoms with E-state index >= 15 is 0 Å². The van der Waals surface area contributed by atoms with Gasteiger partial charge < -0.3 is 0 Å². The molecular formula is C10H14N2. The van der Waals surface area contributed by atoms with Gasteiger partial charge >= 0.3 is 0 Å². The van der Waals surface area contributed by atoms with Crippen molar-refractivity contribution in [2.24, 2.45) is 0 Å². The number of terminal acetylenes is 2. The lowest BCUT2D eigenvalue weighted by atomic mass is 10.3. The summed E-state index contributed by atoms with van der Waals surface area (Å²) in [6.45, 7) is 5.73. The first-order chi connectivity index (χ1) is 5.86. The molecule has 12 heavy (non-hydrogen) atoms. The maximum Gasteiger partial charge on any atom is 0.0599 e. The summed E-state index contributed by atoms with van der Waals surface area (Å²) in [6.07, 6.45) is 10.4. The van der Waals surface area contributed by atoms with Crippen molar-refractivity contribution in [2.45, 2.75) is 0 Å². The van der Waals surface area contributed by atoms with Crippen LogP contribution < -0.4 is 0 Å². The van der Waals surface area contributed by atoms with Crippen LogP contribution in [0.25, 0.3) is 0 Å². The highest BCUT2D eigenvalue weighted by molar-refractivity contribution is 4.92. The van der Waals surface area contributed by atoms with Gasteiger partial charge in [-0.1, -0.05) is 11.8 Å². The van der Waals surface area contributed by atoms with Gasteiger partial charge in [0.2, 0.25) is 0 Å². The minimum absolute atomic E-state index is 0.768. The van der Waals surface area contributed by atoms with Crippen LogP contribution in [-0.2, 0) is 0 Å². The van der Waals surface area contributed by atoms with Gasteiger partial charge in [0.1, 0.15) is 0 Å². The van der Waals surface area contributed by atoms with Crippen molar-refractivity contribution >= 4 is 0 Å². The van der Waals surface area contributed by atoms with Crippen LogP contribution in [0.4, 0.5) is 0 Å². The van der Waals surface area contributed by atoms with Crippen LogP contribution in [-0.4, -0.2) is 49.1 Å². The fraction of sp³-hybridized carbons (Fsp3) is 0.600. The molecule has 0 unspecified atom stereocenters. The van der Waals surface area contributed by atoms with Gasteiger partial charge in [0.05, 0.1) is 13.1 Å². The van der Waals surface area contributed by atoms with Crippen molar-refractivity contribution in [1.29, 1.82) is 0 Å². The molecular weight excluding hydrogens is 148 g/mol. The predicted molar refractivity (Wildman–Crippen MR) is 50.5 cm³/mol. The van der Waals surface area contributed by atoms with Gasteiger partial charge in [0, 0.05) is 26.2 Å². The molecule has 1 saturated heterocycles. The molecule has 1 rings (SSSR count). The standard InChI is InChI=1S/C10H14N2/c1-3-5-11-7-9-12(6-4-2)10-8-11/h1-2H,5-10H2. The van der Waals surface area contributed by atoms with E-state index in [0.29, 0.717) is 0 Å². The zero-order chi connectivity index (χ0) is 8.81. The van der Waals surface area contributed by atoms with Crippen LogP contribution in [0, 0.1) is 24.7 Å². The molecule has 0 aromatic rings. The Morgan fingerprint density at radius 1 is 0.833 bits per heavy atom. The summed E-state index contributed by atoms with van der Waals surface area (Å²) in [7, 11) is 0. The number of rotatable bonds is 2. The third-order valence-corrected chi connectivity index (χ3v) is 2.09. The highest BCUT2D eigenvalue weighted by Gasteiger charge is 2.14. The summed E-state index contributed by atoms with van der Waals surface area (Å²) in [5.41, 5.74) is 0. The van der Waals surface area contributed by atoms with Crippen LogP contribution in [0.5, 0.6) is 0 Å². The second-order valence-electron chi connectivity index (χ2n) is 2.96. The average molecular weight is 162 g/mol. The molecule has 1 fully saturated rings. The monoisotopic (exact) mass is 162 g/mol. The van der Waals surface area contributed by atoms with E-state index in [0.717, 1.165) is 39.3 Å². The minimum atomic E-state index is 0.768. The molecule has 0 amide bonds. The summed E-state index contributed by atoms with van der Waals surface area (Å²) in [5.74, 6) is 5.30. The van der Waals surface area contributed by atoms with Gasteiger partial charge in [0.25, 0.3) is 0 Å². The highest BCUT2D eigenvalue weighted by Crippen LogP contribution is 1.99. The highest BCUT2D eigenvalue weighted by atomic mass is 15.2. The molecule has 2 heteroatoms. The van der Waals surface area contributed by atoms with Gasteiger partial charge in [0.15, 0.2) is 0 Å². The lowest BCUT2D eigenvalue weighted by Gasteiger charge is -2.32.